The van der Waals surface area contributed by atoms with E-state index in [4.69, 9.17) is 21.1 Å². The van der Waals surface area contributed by atoms with Crippen molar-refractivity contribution < 1.29 is 0 Å². The normalized spacial score (nSPS) is 12.3. The minimum absolute atomic E-state index is 0.373. The molecule has 0 atom stereocenters. The molecule has 62 heavy (non-hydrogen) atoms. The van der Waals surface area contributed by atoms with Gasteiger partial charge in [-0.15, -0.1) is 0 Å². The van der Waals surface area contributed by atoms with E-state index in [1.54, 1.807) is 6.08 Å². The van der Waals surface area contributed by atoms with Crippen molar-refractivity contribution in [1.29, 1.82) is 5.41 Å². The van der Waals surface area contributed by atoms with Gasteiger partial charge in [-0.2, -0.15) is 0 Å². The van der Waals surface area contributed by atoms with Crippen LogP contribution in [0.3, 0.4) is 0 Å². The third-order valence-electron chi connectivity index (χ3n) is 11.8. The molecule has 0 unspecified atom stereocenters. The standard InChI is InChI=1S/C58H42N4/c1-38(15-14-36-59)40-26-30-44(31-27-40)57(60)62-58(61-37-39-16-5-2-6-17-39)45-32-28-41(29-33-45)46-34-35-51-54-47(46)24-13-25-50(54)55-52(42-18-7-3-8-19-42)48-22-11-12-23-49(48)53(56(51)55)43-20-9-4-10-21-43/h2-36,59H,1,37H2,(H2,60,61,62)/b15-14-,59-36?. The van der Waals surface area contributed by atoms with Gasteiger partial charge < -0.3 is 11.1 Å². The highest BCUT2D eigenvalue weighted by atomic mass is 15.0. The van der Waals surface area contributed by atoms with E-state index in [0.717, 1.165) is 33.4 Å². The summed E-state index contributed by atoms with van der Waals surface area (Å²) in [5.41, 5.74) is 23.5. The van der Waals surface area contributed by atoms with Gasteiger partial charge in [0.2, 0.25) is 0 Å². The van der Waals surface area contributed by atoms with E-state index in [-0.39, 0.29) is 0 Å². The van der Waals surface area contributed by atoms with Crippen molar-refractivity contribution in [2.24, 2.45) is 15.7 Å². The molecule has 0 fully saturated rings. The van der Waals surface area contributed by atoms with Gasteiger partial charge in [0.05, 0.1) is 6.54 Å². The molecule has 1 aliphatic carbocycles. The lowest BCUT2D eigenvalue weighted by atomic mass is 9.82. The highest BCUT2D eigenvalue weighted by Crippen LogP contribution is 2.58. The van der Waals surface area contributed by atoms with Gasteiger partial charge >= 0.3 is 0 Å². The second kappa shape index (κ2) is 16.4. The third kappa shape index (κ3) is 6.94. The molecule has 0 heterocycles. The molecule has 1 aliphatic rings. The Bertz CT molecular complexity index is 3160. The molecule has 0 bridgehead atoms. The first kappa shape index (κ1) is 38.0. The van der Waals surface area contributed by atoms with Crippen LogP contribution in [0.4, 0.5) is 0 Å². The summed E-state index contributed by atoms with van der Waals surface area (Å²) in [6.07, 6.45) is 4.70. The number of amidine groups is 2. The number of benzene rings is 9. The number of hydrogen-bond donors (Lipinski definition) is 2. The van der Waals surface area contributed by atoms with Crippen LogP contribution < -0.4 is 5.73 Å². The van der Waals surface area contributed by atoms with Crippen LogP contribution in [-0.2, 0) is 6.54 Å². The van der Waals surface area contributed by atoms with Gasteiger partial charge in [0.15, 0.2) is 5.84 Å². The number of nitrogens with two attached hydrogens (primary N) is 1. The van der Waals surface area contributed by atoms with Crippen LogP contribution >= 0.6 is 0 Å². The average molecular weight is 795 g/mol. The second-order valence-corrected chi connectivity index (χ2v) is 15.5. The van der Waals surface area contributed by atoms with Crippen molar-refractivity contribution in [3.8, 4) is 55.6 Å². The minimum atomic E-state index is 0.373. The third-order valence-corrected chi connectivity index (χ3v) is 11.8. The zero-order valence-corrected chi connectivity index (χ0v) is 34.1. The lowest BCUT2D eigenvalue weighted by molar-refractivity contribution is 1.06. The summed E-state index contributed by atoms with van der Waals surface area (Å²) >= 11 is 0. The molecule has 0 amide bonds. The lowest BCUT2D eigenvalue weighted by Gasteiger charge is -2.20. The molecule has 4 heteroatoms. The van der Waals surface area contributed by atoms with Crippen molar-refractivity contribution in [1.82, 2.24) is 0 Å². The predicted octanol–water partition coefficient (Wildman–Crippen LogP) is 14.2. The van der Waals surface area contributed by atoms with E-state index in [9.17, 15) is 0 Å². The monoisotopic (exact) mass is 794 g/mol. The highest BCUT2D eigenvalue weighted by Gasteiger charge is 2.31. The molecule has 9 aromatic carbocycles. The van der Waals surface area contributed by atoms with E-state index in [1.807, 2.05) is 48.5 Å². The van der Waals surface area contributed by atoms with E-state index in [1.165, 1.54) is 77.8 Å². The molecular weight excluding hydrogens is 753 g/mol. The quantitative estimate of drug-likeness (QED) is 0.0807. The van der Waals surface area contributed by atoms with Gasteiger partial charge in [0, 0.05) is 17.3 Å². The van der Waals surface area contributed by atoms with Crippen molar-refractivity contribution in [3.63, 3.8) is 0 Å². The van der Waals surface area contributed by atoms with Crippen LogP contribution in [0.25, 0.3) is 82.8 Å². The zero-order valence-electron chi connectivity index (χ0n) is 34.1. The van der Waals surface area contributed by atoms with Crippen LogP contribution in [0.15, 0.2) is 223 Å². The molecule has 0 saturated heterocycles. The largest absolute Gasteiger partial charge is 0.383 e. The molecule has 9 aromatic rings. The number of nitrogens with one attached hydrogen (secondary N) is 1. The van der Waals surface area contributed by atoms with Crippen LogP contribution in [0, 0.1) is 5.41 Å². The summed E-state index contributed by atoms with van der Waals surface area (Å²) in [5, 5.41) is 12.3. The highest BCUT2D eigenvalue weighted by molar-refractivity contribution is 6.28. The summed E-state index contributed by atoms with van der Waals surface area (Å²) in [6, 6.07) is 68.5. The Balaban J connectivity index is 1.08. The smallest absolute Gasteiger partial charge is 0.157 e. The molecule has 0 saturated carbocycles. The minimum Gasteiger partial charge on any atom is -0.383 e. The van der Waals surface area contributed by atoms with Crippen molar-refractivity contribution >= 4 is 45.0 Å². The number of aliphatic imine (C=N–C) groups is 2. The maximum atomic E-state index is 7.29. The number of fused-ring (bicyclic) bond motifs is 4. The van der Waals surface area contributed by atoms with E-state index >= 15 is 0 Å². The predicted molar refractivity (Wildman–Crippen MR) is 263 cm³/mol. The van der Waals surface area contributed by atoms with E-state index < -0.39 is 0 Å². The first-order chi connectivity index (χ1) is 30.6. The lowest BCUT2D eigenvalue weighted by Crippen LogP contribution is -2.16. The molecule has 0 aliphatic heterocycles. The Hall–Kier alpha value is -8.21. The maximum Gasteiger partial charge on any atom is 0.157 e. The molecule has 4 nitrogen and oxygen atoms in total. The fourth-order valence-electron chi connectivity index (χ4n) is 8.90. The summed E-state index contributed by atoms with van der Waals surface area (Å²) in [4.78, 5) is 9.94. The molecule has 0 spiro atoms. The van der Waals surface area contributed by atoms with Gasteiger partial charge in [-0.3, -0.25) is 4.99 Å². The number of allylic oxidation sites excluding steroid dienone is 3. The number of nitrogens with zero attached hydrogens (tertiary/aromatic N) is 2. The fraction of sp³-hybridized carbons (Fsp3) is 0.0172. The Labute approximate surface area is 361 Å². The van der Waals surface area contributed by atoms with Gasteiger partial charge in [0.25, 0.3) is 0 Å². The molecule has 0 radical (unpaired) electrons. The molecule has 3 N–H and O–H groups in total. The number of rotatable bonds is 10. The van der Waals surface area contributed by atoms with Gasteiger partial charge in [0.1, 0.15) is 5.84 Å². The van der Waals surface area contributed by atoms with Crippen molar-refractivity contribution in [3.05, 3.63) is 235 Å². The van der Waals surface area contributed by atoms with Gasteiger partial charge in [-0.05, 0) is 100.0 Å². The maximum absolute atomic E-state index is 7.29. The zero-order chi connectivity index (χ0) is 42.0. The summed E-state index contributed by atoms with van der Waals surface area (Å²) < 4.78 is 0. The van der Waals surface area contributed by atoms with Crippen LogP contribution in [0.5, 0.6) is 0 Å². The van der Waals surface area contributed by atoms with Crippen LogP contribution in [-0.4, -0.2) is 17.9 Å². The Morgan fingerprint density at radius 2 is 1.00 bits per heavy atom. The topological polar surface area (TPSA) is 74.6 Å². The second-order valence-electron chi connectivity index (χ2n) is 15.5. The Morgan fingerprint density at radius 1 is 0.484 bits per heavy atom. The first-order valence-electron chi connectivity index (χ1n) is 20.8. The van der Waals surface area contributed by atoms with Gasteiger partial charge in [-0.1, -0.05) is 207 Å². The summed E-state index contributed by atoms with van der Waals surface area (Å²) in [5.74, 6) is 0.933. The molecular formula is C58H42N4. The van der Waals surface area contributed by atoms with E-state index in [0.29, 0.717) is 18.2 Å². The SMILES string of the molecule is C=C(/C=C\C=N)c1ccc(C(N)=NC(=NCc2ccccc2)c2ccc(-c3ccc4c5c(cccc35)-c3c-4c(-c4ccccc4)c4ccccc4c3-c3ccccc3)cc2)cc1. The Kier molecular flexibility index (Phi) is 10.1. The fourth-order valence-corrected chi connectivity index (χ4v) is 8.90. The van der Waals surface area contributed by atoms with Crippen molar-refractivity contribution in [2.45, 2.75) is 6.54 Å². The number of hydrogen-bond acceptors (Lipinski definition) is 2. The summed E-state index contributed by atoms with van der Waals surface area (Å²) in [6.45, 7) is 4.58. The molecule has 10 rings (SSSR count). The first-order valence-corrected chi connectivity index (χ1v) is 20.8. The molecule has 0 aromatic heterocycles. The molecule has 294 valence electrons. The average Bonchev–Trinajstić information content (AvgIpc) is 3.66. The van der Waals surface area contributed by atoms with Crippen LogP contribution in [0.1, 0.15) is 22.3 Å². The Morgan fingerprint density at radius 3 is 1.61 bits per heavy atom. The van der Waals surface area contributed by atoms with Gasteiger partial charge in [-0.25, -0.2) is 4.99 Å². The van der Waals surface area contributed by atoms with E-state index in [2.05, 4.69) is 158 Å². The summed E-state index contributed by atoms with van der Waals surface area (Å²) in [7, 11) is 0. The van der Waals surface area contributed by atoms with Crippen molar-refractivity contribution in [2.75, 3.05) is 0 Å². The van der Waals surface area contributed by atoms with Crippen LogP contribution in [0.2, 0.25) is 0 Å².